The van der Waals surface area contributed by atoms with Gasteiger partial charge < -0.3 is 14.7 Å². The first-order valence-electron chi connectivity index (χ1n) is 12.4. The Kier molecular flexibility index (Phi) is 7.76. The monoisotopic (exact) mass is 472 g/mol. The lowest BCUT2D eigenvalue weighted by Crippen LogP contribution is -2.42. The molecule has 1 fully saturated rings. The summed E-state index contributed by atoms with van der Waals surface area (Å²) < 4.78 is 5.31. The third-order valence-electron chi connectivity index (χ3n) is 7.09. The number of likely N-dealkylation sites (tertiary alicyclic amines) is 1. The molecular weight excluding hydrogens is 436 g/mol. The highest BCUT2D eigenvalue weighted by molar-refractivity contribution is 5.94. The van der Waals surface area contributed by atoms with Crippen LogP contribution >= 0.6 is 0 Å². The van der Waals surface area contributed by atoms with Crippen molar-refractivity contribution in [1.82, 2.24) is 9.80 Å². The summed E-state index contributed by atoms with van der Waals surface area (Å²) in [5.74, 6) is 1.38. The van der Waals surface area contributed by atoms with Gasteiger partial charge in [-0.05, 0) is 67.6 Å². The molecule has 1 N–H and O–H groups in total. The van der Waals surface area contributed by atoms with Crippen molar-refractivity contribution in [2.75, 3.05) is 26.7 Å². The number of hydrogen-bond acceptors (Lipinski definition) is 4. The number of rotatable bonds is 8. The molecule has 2 unspecified atom stereocenters. The van der Waals surface area contributed by atoms with Crippen molar-refractivity contribution in [2.24, 2.45) is 5.92 Å². The Hall–Kier alpha value is -3.31. The van der Waals surface area contributed by atoms with Crippen molar-refractivity contribution in [2.45, 2.75) is 39.3 Å². The van der Waals surface area contributed by atoms with Crippen LogP contribution in [-0.2, 0) is 6.54 Å². The first-order chi connectivity index (χ1) is 16.9. The van der Waals surface area contributed by atoms with Gasteiger partial charge >= 0.3 is 0 Å². The summed E-state index contributed by atoms with van der Waals surface area (Å²) in [5.41, 5.74) is 4.49. The Morgan fingerprint density at radius 1 is 1.06 bits per heavy atom. The summed E-state index contributed by atoms with van der Waals surface area (Å²) in [6.45, 7) is 9.66. The predicted molar refractivity (Wildman–Crippen MR) is 140 cm³/mol. The molecule has 0 aliphatic carbocycles. The van der Waals surface area contributed by atoms with Crippen LogP contribution in [0.1, 0.15) is 46.8 Å². The number of aromatic hydroxyl groups is 1. The van der Waals surface area contributed by atoms with Crippen LogP contribution in [0.5, 0.6) is 11.5 Å². The highest BCUT2D eigenvalue weighted by Crippen LogP contribution is 2.37. The van der Waals surface area contributed by atoms with E-state index < -0.39 is 0 Å². The van der Waals surface area contributed by atoms with E-state index in [0.29, 0.717) is 24.1 Å². The Morgan fingerprint density at radius 3 is 2.46 bits per heavy atom. The minimum atomic E-state index is 0.0888. The van der Waals surface area contributed by atoms with Gasteiger partial charge in [0.1, 0.15) is 0 Å². The van der Waals surface area contributed by atoms with Crippen molar-refractivity contribution in [3.05, 3.63) is 95.1 Å². The molecule has 0 spiro atoms. The van der Waals surface area contributed by atoms with Gasteiger partial charge in [0.15, 0.2) is 11.5 Å². The van der Waals surface area contributed by atoms with Gasteiger partial charge in [-0.3, -0.25) is 9.69 Å². The zero-order chi connectivity index (χ0) is 24.9. The second-order valence-electron chi connectivity index (χ2n) is 9.84. The number of carbonyl (C=O) groups excluding carboxylic acids is 1. The van der Waals surface area contributed by atoms with Gasteiger partial charge in [-0.25, -0.2) is 0 Å². The van der Waals surface area contributed by atoms with Crippen molar-refractivity contribution >= 4 is 5.91 Å². The predicted octanol–water partition coefficient (Wildman–Crippen LogP) is 5.48. The largest absolute Gasteiger partial charge is 0.504 e. The van der Waals surface area contributed by atoms with Gasteiger partial charge in [-0.15, -0.1) is 0 Å². The second-order valence-corrected chi connectivity index (χ2v) is 9.84. The molecule has 3 aromatic carbocycles. The molecule has 1 saturated heterocycles. The first kappa shape index (κ1) is 24.8. The molecule has 3 aromatic rings. The number of aryl methyl sites for hydroxylation is 1. The van der Waals surface area contributed by atoms with Crippen molar-refractivity contribution < 1.29 is 14.6 Å². The molecular formula is C30H36N2O3. The average molecular weight is 473 g/mol. The lowest BCUT2D eigenvalue weighted by Gasteiger charge is -2.32. The molecule has 1 amide bonds. The number of carbonyl (C=O) groups is 1. The van der Waals surface area contributed by atoms with Crippen LogP contribution in [0.2, 0.25) is 0 Å². The van der Waals surface area contributed by atoms with E-state index in [1.54, 1.807) is 13.2 Å². The average Bonchev–Trinajstić information content (AvgIpc) is 3.25. The normalized spacial score (nSPS) is 18.1. The molecule has 0 aromatic heterocycles. The molecule has 0 bridgehead atoms. The molecule has 1 aliphatic rings. The van der Waals surface area contributed by atoms with E-state index in [1.165, 1.54) is 11.1 Å². The summed E-state index contributed by atoms with van der Waals surface area (Å²) >= 11 is 0. The maximum absolute atomic E-state index is 13.4. The Labute approximate surface area is 209 Å². The molecule has 5 nitrogen and oxygen atoms in total. The third-order valence-corrected chi connectivity index (χ3v) is 7.09. The van der Waals surface area contributed by atoms with Crippen molar-refractivity contribution in [3.63, 3.8) is 0 Å². The van der Waals surface area contributed by atoms with E-state index in [4.69, 9.17) is 4.74 Å². The maximum atomic E-state index is 13.4. The van der Waals surface area contributed by atoms with Crippen molar-refractivity contribution in [3.8, 4) is 11.5 Å². The lowest BCUT2D eigenvalue weighted by molar-refractivity contribution is 0.0668. The van der Waals surface area contributed by atoms with Crippen LogP contribution in [-0.4, -0.2) is 53.6 Å². The van der Waals surface area contributed by atoms with E-state index in [9.17, 15) is 9.90 Å². The number of nitrogens with zero attached hydrogens (tertiary/aromatic N) is 2. The minimum Gasteiger partial charge on any atom is -0.504 e. The SMILES string of the molecule is COc1cc(CN2CC(CN(C(=O)c3ccccc3)C(C)C)C(c3ccccc3C)C2)ccc1O. The van der Waals surface area contributed by atoms with E-state index >= 15 is 0 Å². The summed E-state index contributed by atoms with van der Waals surface area (Å²) in [6.07, 6.45) is 0. The van der Waals surface area contributed by atoms with E-state index in [2.05, 4.69) is 49.9 Å². The Morgan fingerprint density at radius 2 is 1.77 bits per heavy atom. The van der Waals surface area contributed by atoms with Crippen LogP contribution in [0, 0.1) is 12.8 Å². The van der Waals surface area contributed by atoms with Crippen LogP contribution in [0.4, 0.5) is 0 Å². The Balaban J connectivity index is 1.59. The van der Waals surface area contributed by atoms with E-state index in [0.717, 1.165) is 30.8 Å². The zero-order valence-corrected chi connectivity index (χ0v) is 21.1. The molecule has 0 saturated carbocycles. The fourth-order valence-electron chi connectivity index (χ4n) is 5.24. The number of phenolic OH excluding ortho intramolecular Hbond substituents is 1. The second kappa shape index (κ2) is 11.0. The maximum Gasteiger partial charge on any atom is 0.254 e. The highest BCUT2D eigenvalue weighted by Gasteiger charge is 2.37. The van der Waals surface area contributed by atoms with Gasteiger partial charge in [0, 0.05) is 43.7 Å². The molecule has 5 heteroatoms. The fourth-order valence-corrected chi connectivity index (χ4v) is 5.24. The van der Waals surface area contributed by atoms with Crippen LogP contribution in [0.3, 0.4) is 0 Å². The minimum absolute atomic E-state index is 0.0888. The third kappa shape index (κ3) is 5.68. The van der Waals surface area contributed by atoms with Crippen LogP contribution in [0.15, 0.2) is 72.8 Å². The van der Waals surface area contributed by atoms with Gasteiger partial charge in [0.25, 0.3) is 5.91 Å². The number of amides is 1. The molecule has 4 rings (SSSR count). The topological polar surface area (TPSA) is 53.0 Å². The van der Waals surface area contributed by atoms with Gasteiger partial charge in [-0.2, -0.15) is 0 Å². The summed E-state index contributed by atoms with van der Waals surface area (Å²) in [6, 6.07) is 23.9. The summed E-state index contributed by atoms with van der Waals surface area (Å²) in [7, 11) is 1.57. The molecule has 184 valence electrons. The quantitative estimate of drug-likeness (QED) is 0.472. The number of ether oxygens (including phenoxy) is 1. The number of methoxy groups -OCH3 is 1. The van der Waals surface area contributed by atoms with E-state index in [1.807, 2.05) is 47.4 Å². The Bertz CT molecular complexity index is 1150. The number of benzene rings is 3. The highest BCUT2D eigenvalue weighted by atomic mass is 16.5. The molecule has 1 aliphatic heterocycles. The van der Waals surface area contributed by atoms with Crippen molar-refractivity contribution in [1.29, 1.82) is 0 Å². The zero-order valence-electron chi connectivity index (χ0n) is 21.1. The fraction of sp³-hybridized carbons (Fsp3) is 0.367. The van der Waals surface area contributed by atoms with Gasteiger partial charge in [-0.1, -0.05) is 48.5 Å². The summed E-state index contributed by atoms with van der Waals surface area (Å²) in [4.78, 5) is 17.9. The van der Waals surface area contributed by atoms with E-state index in [-0.39, 0.29) is 17.7 Å². The number of phenols is 1. The smallest absolute Gasteiger partial charge is 0.254 e. The lowest BCUT2D eigenvalue weighted by atomic mass is 9.86. The molecule has 2 atom stereocenters. The standard InChI is InChI=1S/C30H36N2O3/c1-21(2)32(30(34)24-11-6-5-7-12-24)19-25-18-31(17-23-14-15-28(33)29(16-23)35-4)20-27(25)26-13-9-8-10-22(26)3/h5-16,21,25,27,33H,17-20H2,1-4H3. The molecule has 1 heterocycles. The number of hydrogen-bond donors (Lipinski definition) is 1. The van der Waals surface area contributed by atoms with Crippen LogP contribution < -0.4 is 4.74 Å². The van der Waals surface area contributed by atoms with Gasteiger partial charge in [0.2, 0.25) is 0 Å². The summed E-state index contributed by atoms with van der Waals surface area (Å²) in [5, 5.41) is 9.98. The molecule has 0 radical (unpaired) electrons. The van der Waals surface area contributed by atoms with Gasteiger partial charge in [0.05, 0.1) is 7.11 Å². The first-order valence-corrected chi connectivity index (χ1v) is 12.4. The van der Waals surface area contributed by atoms with Crippen LogP contribution in [0.25, 0.3) is 0 Å². The molecule has 35 heavy (non-hydrogen) atoms.